The first kappa shape index (κ1) is 25.9. The molecule has 4 aromatic heterocycles. The van der Waals surface area contributed by atoms with E-state index < -0.39 is 0 Å². The number of hydrogen-bond donors (Lipinski definition) is 2. The number of aromatic nitrogens is 4. The number of nitrogens with one attached hydrogen (secondary N) is 2. The number of thiophene rings is 1. The Labute approximate surface area is 226 Å². The molecule has 4 aromatic rings. The highest BCUT2D eigenvalue weighted by Crippen LogP contribution is 2.30. The van der Waals surface area contributed by atoms with Gasteiger partial charge in [0.2, 0.25) is 0 Å². The number of aromatic amines is 1. The number of fused-ring (bicyclic) bond motifs is 1. The van der Waals surface area contributed by atoms with Crippen molar-refractivity contribution in [3.05, 3.63) is 82.7 Å². The minimum Gasteiger partial charge on any atom is -0.312 e. The van der Waals surface area contributed by atoms with Gasteiger partial charge in [-0.2, -0.15) is 5.10 Å². The van der Waals surface area contributed by atoms with Crippen molar-refractivity contribution in [2.75, 3.05) is 6.54 Å². The number of allylic oxidation sites excluding steroid dienone is 1. The van der Waals surface area contributed by atoms with E-state index in [0.29, 0.717) is 33.2 Å². The lowest BCUT2D eigenvalue weighted by Gasteiger charge is -2.11. The zero-order valence-electron chi connectivity index (χ0n) is 21.9. The summed E-state index contributed by atoms with van der Waals surface area (Å²) < 4.78 is 0. The van der Waals surface area contributed by atoms with E-state index in [-0.39, 0.29) is 5.78 Å². The molecule has 7 nitrogen and oxygen atoms in total. The summed E-state index contributed by atoms with van der Waals surface area (Å²) in [5.41, 5.74) is 6.45. The molecule has 0 bridgehead atoms. The molecule has 194 valence electrons. The van der Waals surface area contributed by atoms with Crippen LogP contribution in [0.15, 0.2) is 66.7 Å². The molecule has 38 heavy (non-hydrogen) atoms. The van der Waals surface area contributed by atoms with E-state index in [1.165, 1.54) is 37.0 Å². The molecule has 4 heterocycles. The van der Waals surface area contributed by atoms with Crippen LogP contribution in [0.3, 0.4) is 0 Å². The lowest BCUT2D eigenvalue weighted by Crippen LogP contribution is -2.20. The van der Waals surface area contributed by atoms with Gasteiger partial charge in [0.1, 0.15) is 5.69 Å². The quantitative estimate of drug-likeness (QED) is 0.138. The van der Waals surface area contributed by atoms with Gasteiger partial charge in [0.05, 0.1) is 16.3 Å². The van der Waals surface area contributed by atoms with Crippen LogP contribution in [-0.2, 0) is 6.54 Å². The van der Waals surface area contributed by atoms with Crippen molar-refractivity contribution in [3.8, 4) is 11.1 Å². The summed E-state index contributed by atoms with van der Waals surface area (Å²) >= 11 is 1.39. The number of aliphatic imine (C=N–C) groups is 1. The van der Waals surface area contributed by atoms with Crippen LogP contribution in [0.5, 0.6) is 0 Å². The van der Waals surface area contributed by atoms with Gasteiger partial charge in [0.15, 0.2) is 11.4 Å². The zero-order valence-corrected chi connectivity index (χ0v) is 22.7. The van der Waals surface area contributed by atoms with E-state index >= 15 is 0 Å². The lowest BCUT2D eigenvalue weighted by atomic mass is 10.1. The Morgan fingerprint density at radius 1 is 1.11 bits per heavy atom. The highest BCUT2D eigenvalue weighted by atomic mass is 32.1. The first-order valence-electron chi connectivity index (χ1n) is 12.9. The average Bonchev–Trinajstić information content (AvgIpc) is 3.69. The molecule has 0 aliphatic heterocycles. The molecule has 5 rings (SSSR count). The molecule has 1 saturated carbocycles. The molecule has 2 N–H and O–H groups in total. The number of H-pyrrole nitrogens is 1. The van der Waals surface area contributed by atoms with Crippen LogP contribution in [0.25, 0.3) is 27.7 Å². The molecule has 1 aliphatic rings. The number of pyridine rings is 2. The molecule has 0 saturated heterocycles. The van der Waals surface area contributed by atoms with Gasteiger partial charge >= 0.3 is 0 Å². The number of carbonyl (C=O) groups is 1. The third kappa shape index (κ3) is 5.71. The molecule has 1 fully saturated rings. The second kappa shape index (κ2) is 11.3. The van der Waals surface area contributed by atoms with E-state index in [4.69, 9.17) is 4.99 Å². The summed E-state index contributed by atoms with van der Waals surface area (Å²) in [6.07, 6.45) is 11.0. The molecule has 0 amide bonds. The average molecular weight is 525 g/mol. The van der Waals surface area contributed by atoms with Crippen molar-refractivity contribution in [2.24, 2.45) is 10.9 Å². The van der Waals surface area contributed by atoms with Gasteiger partial charge in [-0.15, -0.1) is 11.3 Å². The third-order valence-corrected chi connectivity index (χ3v) is 8.27. The molecule has 0 unspecified atom stereocenters. The predicted octanol–water partition coefficient (Wildman–Crippen LogP) is 6.60. The summed E-state index contributed by atoms with van der Waals surface area (Å²) in [4.78, 5) is 27.0. The normalized spacial score (nSPS) is 14.3. The smallest absolute Gasteiger partial charge is 0.169 e. The standard InChI is InChI=1S/C30H32N6OS/c1-18(27-9-10-28(38-27)21(4)37)19(2)34-20(3)29-26-12-25(17-33-30(26)36-35-29)24-11-23(15-32-16-24)14-31-13-22-7-5-6-8-22/h9-12,15-17,22,31H,1-2,5-8,13-14H2,3-4H3,(H,33,35,36)/b34-20+. The van der Waals surface area contributed by atoms with Crippen molar-refractivity contribution in [1.82, 2.24) is 25.5 Å². The van der Waals surface area contributed by atoms with E-state index in [9.17, 15) is 4.79 Å². The maximum absolute atomic E-state index is 11.7. The summed E-state index contributed by atoms with van der Waals surface area (Å²) in [6, 6.07) is 7.93. The number of Topliss-reactive ketones (excluding diaryl/α,β-unsaturated/α-hetero) is 1. The van der Waals surface area contributed by atoms with Gasteiger partial charge in [-0.25, -0.2) is 4.98 Å². The van der Waals surface area contributed by atoms with E-state index in [1.54, 1.807) is 13.0 Å². The lowest BCUT2D eigenvalue weighted by molar-refractivity contribution is 0.102. The largest absolute Gasteiger partial charge is 0.312 e. The molecule has 1 aliphatic carbocycles. The van der Waals surface area contributed by atoms with Crippen LogP contribution in [-0.4, -0.2) is 38.2 Å². The van der Waals surface area contributed by atoms with Gasteiger partial charge in [-0.3, -0.25) is 19.9 Å². The van der Waals surface area contributed by atoms with Crippen molar-refractivity contribution in [2.45, 2.75) is 46.1 Å². The van der Waals surface area contributed by atoms with Gasteiger partial charge < -0.3 is 5.32 Å². The number of rotatable bonds is 10. The Balaban J connectivity index is 1.34. The predicted molar refractivity (Wildman–Crippen MR) is 155 cm³/mol. The summed E-state index contributed by atoms with van der Waals surface area (Å²) in [7, 11) is 0. The van der Waals surface area contributed by atoms with Crippen LogP contribution in [0.1, 0.15) is 65.3 Å². The fourth-order valence-electron chi connectivity index (χ4n) is 4.87. The molecular formula is C30H32N6OS. The van der Waals surface area contributed by atoms with E-state index in [0.717, 1.165) is 46.0 Å². The number of carbonyl (C=O) groups excluding carboxylic acids is 1. The Morgan fingerprint density at radius 2 is 1.87 bits per heavy atom. The second-order valence-corrected chi connectivity index (χ2v) is 11.0. The second-order valence-electron chi connectivity index (χ2n) is 9.90. The molecule has 0 atom stereocenters. The third-order valence-electron chi connectivity index (χ3n) is 7.03. The highest BCUT2D eigenvalue weighted by Gasteiger charge is 2.16. The van der Waals surface area contributed by atoms with Crippen LogP contribution in [0, 0.1) is 5.92 Å². The van der Waals surface area contributed by atoms with Gasteiger partial charge in [-0.05, 0) is 69.0 Å². The van der Waals surface area contributed by atoms with Crippen molar-refractivity contribution >= 4 is 39.4 Å². The molecule has 8 heteroatoms. The van der Waals surface area contributed by atoms with Crippen LogP contribution in [0.2, 0.25) is 0 Å². The molecule has 0 aromatic carbocycles. The van der Waals surface area contributed by atoms with Crippen LogP contribution >= 0.6 is 11.3 Å². The van der Waals surface area contributed by atoms with Crippen LogP contribution < -0.4 is 5.32 Å². The summed E-state index contributed by atoms with van der Waals surface area (Å²) in [5, 5.41) is 12.0. The Bertz CT molecular complexity index is 1540. The van der Waals surface area contributed by atoms with Gasteiger partial charge in [0.25, 0.3) is 0 Å². The fraction of sp³-hybridized carbons (Fsp3) is 0.300. The molecular weight excluding hydrogens is 492 g/mol. The summed E-state index contributed by atoms with van der Waals surface area (Å²) in [5.74, 6) is 0.838. The highest BCUT2D eigenvalue weighted by molar-refractivity contribution is 7.15. The number of hydrogen-bond acceptors (Lipinski definition) is 7. The van der Waals surface area contributed by atoms with Crippen molar-refractivity contribution in [3.63, 3.8) is 0 Å². The van der Waals surface area contributed by atoms with Crippen LogP contribution in [0.4, 0.5) is 0 Å². The number of ketones is 1. The minimum absolute atomic E-state index is 0.0340. The topological polar surface area (TPSA) is 95.9 Å². The molecule has 0 radical (unpaired) electrons. The Kier molecular flexibility index (Phi) is 7.72. The van der Waals surface area contributed by atoms with E-state index in [2.05, 4.69) is 50.8 Å². The van der Waals surface area contributed by atoms with Crippen molar-refractivity contribution < 1.29 is 4.79 Å². The number of nitrogens with zero attached hydrogens (tertiary/aromatic N) is 4. The molecule has 0 spiro atoms. The Hall–Kier alpha value is -3.75. The fourth-order valence-corrected chi connectivity index (χ4v) is 5.76. The monoisotopic (exact) mass is 524 g/mol. The van der Waals surface area contributed by atoms with Gasteiger partial charge in [0, 0.05) is 52.1 Å². The maximum atomic E-state index is 11.7. The first-order chi connectivity index (χ1) is 18.4. The minimum atomic E-state index is 0.0340. The first-order valence-corrected chi connectivity index (χ1v) is 13.7. The maximum Gasteiger partial charge on any atom is 0.169 e. The summed E-state index contributed by atoms with van der Waals surface area (Å²) in [6.45, 7) is 13.6. The van der Waals surface area contributed by atoms with E-state index in [1.807, 2.05) is 31.6 Å². The SMILES string of the molecule is C=C(/N=C(\C)c1n[nH]c2ncc(-c3cncc(CNCC4CCCC4)c3)cc12)C(=C)c1ccc(C(C)=O)s1. The Morgan fingerprint density at radius 3 is 2.63 bits per heavy atom. The van der Waals surface area contributed by atoms with Gasteiger partial charge in [-0.1, -0.05) is 26.0 Å². The zero-order chi connectivity index (χ0) is 26.6. The van der Waals surface area contributed by atoms with Crippen molar-refractivity contribution in [1.29, 1.82) is 0 Å².